The molecule has 2 N–H and O–H groups in total. The molecule has 5 nitrogen and oxygen atoms in total. The lowest BCUT2D eigenvalue weighted by molar-refractivity contribution is -0.113. The van der Waals surface area contributed by atoms with Crippen LogP contribution in [0.5, 0.6) is 0 Å². The number of benzene rings is 1. The molecular formula is C15H9BrN2O3S2. The number of thiocarbonyl (C=S) groups is 1. The van der Waals surface area contributed by atoms with E-state index in [4.69, 9.17) is 22.4 Å². The lowest BCUT2D eigenvalue weighted by Crippen LogP contribution is -2.30. The van der Waals surface area contributed by atoms with Gasteiger partial charge in [-0.3, -0.25) is 14.5 Å². The zero-order valence-electron chi connectivity index (χ0n) is 11.5. The zero-order chi connectivity index (χ0) is 16.6. The molecule has 0 saturated carbocycles. The van der Waals surface area contributed by atoms with E-state index >= 15 is 0 Å². The number of hydrogen-bond acceptors (Lipinski definition) is 5. The molecule has 0 unspecified atom stereocenters. The lowest BCUT2D eigenvalue weighted by Gasteiger charge is -2.17. The fourth-order valence-electron chi connectivity index (χ4n) is 2.09. The highest BCUT2D eigenvalue weighted by atomic mass is 79.9. The third kappa shape index (κ3) is 3.10. The molecule has 2 amide bonds. The second-order valence-electron chi connectivity index (χ2n) is 4.54. The van der Waals surface area contributed by atoms with E-state index in [1.165, 1.54) is 4.90 Å². The van der Waals surface area contributed by atoms with Gasteiger partial charge in [-0.05, 0) is 40.2 Å². The van der Waals surface area contributed by atoms with E-state index in [0.29, 0.717) is 25.3 Å². The van der Waals surface area contributed by atoms with Gasteiger partial charge in [0.1, 0.15) is 5.76 Å². The predicted molar refractivity (Wildman–Crippen MR) is 97.0 cm³/mol. The number of furan rings is 1. The van der Waals surface area contributed by atoms with Gasteiger partial charge in [0, 0.05) is 6.08 Å². The number of para-hydroxylation sites is 1. The second-order valence-corrected chi connectivity index (χ2v) is 7.00. The molecule has 116 valence electrons. The fourth-order valence-corrected chi connectivity index (χ4v) is 3.67. The van der Waals surface area contributed by atoms with E-state index in [9.17, 15) is 9.59 Å². The molecule has 2 aromatic rings. The largest absolute Gasteiger partial charge is 0.450 e. The maximum absolute atomic E-state index is 12.6. The second kappa shape index (κ2) is 6.31. The Labute approximate surface area is 149 Å². The predicted octanol–water partition coefficient (Wildman–Crippen LogP) is 3.55. The van der Waals surface area contributed by atoms with Crippen molar-refractivity contribution in [3.8, 4) is 0 Å². The van der Waals surface area contributed by atoms with Crippen LogP contribution in [0.1, 0.15) is 16.1 Å². The van der Waals surface area contributed by atoms with Crippen LogP contribution in [-0.4, -0.2) is 16.1 Å². The monoisotopic (exact) mass is 408 g/mol. The van der Waals surface area contributed by atoms with Crippen molar-refractivity contribution in [3.05, 3.63) is 57.3 Å². The van der Waals surface area contributed by atoms with Gasteiger partial charge in [0.15, 0.2) is 8.99 Å². The number of amides is 2. The number of nitrogens with two attached hydrogens (primary N) is 1. The minimum absolute atomic E-state index is 0.241. The maximum Gasteiger partial charge on any atom is 0.270 e. The minimum atomic E-state index is -0.617. The van der Waals surface area contributed by atoms with Gasteiger partial charge in [0.25, 0.3) is 11.8 Å². The number of nitrogens with zero attached hydrogens (tertiary/aromatic N) is 1. The number of halogens is 1. The molecule has 0 aliphatic carbocycles. The normalized spacial score (nSPS) is 16.4. The van der Waals surface area contributed by atoms with Crippen LogP contribution >= 0.6 is 39.9 Å². The molecule has 3 rings (SSSR count). The summed E-state index contributed by atoms with van der Waals surface area (Å²) in [4.78, 5) is 25.9. The first kappa shape index (κ1) is 16.0. The molecule has 1 saturated heterocycles. The summed E-state index contributed by atoms with van der Waals surface area (Å²) in [6.07, 6.45) is 1.61. The Morgan fingerprint density at radius 3 is 2.70 bits per heavy atom. The summed E-state index contributed by atoms with van der Waals surface area (Å²) in [7, 11) is 0. The maximum atomic E-state index is 12.6. The Balaban J connectivity index is 2.00. The van der Waals surface area contributed by atoms with Gasteiger partial charge in [0.2, 0.25) is 0 Å². The van der Waals surface area contributed by atoms with E-state index in [1.807, 2.05) is 0 Å². The smallest absolute Gasteiger partial charge is 0.270 e. The molecule has 1 fully saturated rings. The Bertz CT molecular complexity index is 860. The SMILES string of the molecule is NC(=O)c1ccccc1N1C(=O)/C(=C\c2ccc(Br)o2)SC1=S. The van der Waals surface area contributed by atoms with E-state index < -0.39 is 5.91 Å². The van der Waals surface area contributed by atoms with Gasteiger partial charge in [-0.2, -0.15) is 0 Å². The van der Waals surface area contributed by atoms with Crippen LogP contribution in [0, 0.1) is 0 Å². The van der Waals surface area contributed by atoms with Crippen molar-refractivity contribution in [2.45, 2.75) is 0 Å². The summed E-state index contributed by atoms with van der Waals surface area (Å²) < 4.78 is 6.27. The molecule has 1 aliphatic rings. The van der Waals surface area contributed by atoms with Gasteiger partial charge in [0.05, 0.1) is 16.2 Å². The number of rotatable bonds is 3. The highest BCUT2D eigenvalue weighted by molar-refractivity contribution is 9.10. The molecular weight excluding hydrogens is 400 g/mol. The van der Waals surface area contributed by atoms with Crippen LogP contribution in [-0.2, 0) is 4.79 Å². The number of anilines is 1. The zero-order valence-corrected chi connectivity index (χ0v) is 14.7. The molecule has 0 spiro atoms. The molecule has 23 heavy (non-hydrogen) atoms. The molecule has 0 bridgehead atoms. The van der Waals surface area contributed by atoms with E-state index in [-0.39, 0.29) is 11.5 Å². The Kier molecular flexibility index (Phi) is 4.38. The average Bonchev–Trinajstić information content (AvgIpc) is 3.03. The Morgan fingerprint density at radius 1 is 1.30 bits per heavy atom. The molecule has 0 radical (unpaired) electrons. The van der Waals surface area contributed by atoms with Crippen LogP contribution in [0.4, 0.5) is 5.69 Å². The number of hydrogen-bond donors (Lipinski definition) is 1. The van der Waals surface area contributed by atoms with Crippen molar-refractivity contribution in [3.63, 3.8) is 0 Å². The number of thioether (sulfide) groups is 1. The lowest BCUT2D eigenvalue weighted by atomic mass is 10.1. The van der Waals surface area contributed by atoms with Gasteiger partial charge in [-0.1, -0.05) is 36.1 Å². The standard InChI is InChI=1S/C15H9BrN2O3S2/c16-12-6-5-8(21-12)7-11-14(20)18(15(22)23-11)10-4-2-1-3-9(10)13(17)19/h1-7H,(H2,17,19)/b11-7+. The summed E-state index contributed by atoms with van der Waals surface area (Å²) in [6, 6.07) is 10.1. The van der Waals surface area contributed by atoms with Gasteiger partial charge in [-0.15, -0.1) is 0 Å². The van der Waals surface area contributed by atoms with Crippen molar-refractivity contribution in [2.75, 3.05) is 4.90 Å². The van der Waals surface area contributed by atoms with Gasteiger partial charge in [-0.25, -0.2) is 0 Å². The summed E-state index contributed by atoms with van der Waals surface area (Å²) in [6.45, 7) is 0. The first-order chi connectivity index (χ1) is 11.0. The van der Waals surface area contributed by atoms with Crippen LogP contribution in [0.15, 0.2) is 50.4 Å². The average molecular weight is 409 g/mol. The van der Waals surface area contributed by atoms with Crippen LogP contribution in [0.25, 0.3) is 6.08 Å². The van der Waals surface area contributed by atoms with E-state index in [1.54, 1.807) is 42.5 Å². The van der Waals surface area contributed by atoms with Crippen molar-refractivity contribution >= 4 is 67.8 Å². The van der Waals surface area contributed by atoms with Crippen LogP contribution in [0.2, 0.25) is 0 Å². The number of carbonyl (C=O) groups is 2. The number of primary amides is 1. The van der Waals surface area contributed by atoms with Crippen molar-refractivity contribution < 1.29 is 14.0 Å². The molecule has 1 aromatic carbocycles. The summed E-state index contributed by atoms with van der Waals surface area (Å²) >= 11 is 9.63. The van der Waals surface area contributed by atoms with E-state index in [0.717, 1.165) is 11.8 Å². The summed E-state index contributed by atoms with van der Waals surface area (Å²) in [5.74, 6) is -0.407. The van der Waals surface area contributed by atoms with Crippen LogP contribution < -0.4 is 10.6 Å². The minimum Gasteiger partial charge on any atom is -0.450 e. The quantitative estimate of drug-likeness (QED) is 0.620. The van der Waals surface area contributed by atoms with E-state index in [2.05, 4.69) is 15.9 Å². The fraction of sp³-hybridized carbons (Fsp3) is 0. The highest BCUT2D eigenvalue weighted by Gasteiger charge is 2.35. The van der Waals surface area contributed by atoms with Crippen molar-refractivity contribution in [2.24, 2.45) is 5.73 Å². The van der Waals surface area contributed by atoms with Crippen molar-refractivity contribution in [1.82, 2.24) is 0 Å². The van der Waals surface area contributed by atoms with Crippen molar-refractivity contribution in [1.29, 1.82) is 0 Å². The summed E-state index contributed by atoms with van der Waals surface area (Å²) in [5, 5.41) is 0. The third-order valence-corrected chi connectivity index (χ3v) is 4.80. The van der Waals surface area contributed by atoms with Gasteiger partial charge < -0.3 is 10.2 Å². The number of carbonyl (C=O) groups excluding carboxylic acids is 2. The summed E-state index contributed by atoms with van der Waals surface area (Å²) in [5.41, 5.74) is 5.99. The first-order valence-electron chi connectivity index (χ1n) is 6.39. The Hall–Kier alpha value is -1.90. The molecule has 1 aromatic heterocycles. The van der Waals surface area contributed by atoms with Crippen LogP contribution in [0.3, 0.4) is 0 Å². The highest BCUT2D eigenvalue weighted by Crippen LogP contribution is 2.37. The molecule has 2 heterocycles. The Morgan fingerprint density at radius 2 is 2.04 bits per heavy atom. The third-order valence-electron chi connectivity index (χ3n) is 3.07. The molecule has 8 heteroatoms. The topological polar surface area (TPSA) is 76.5 Å². The molecule has 0 atom stereocenters. The first-order valence-corrected chi connectivity index (χ1v) is 8.41. The van der Waals surface area contributed by atoms with Gasteiger partial charge >= 0.3 is 0 Å². The molecule has 1 aliphatic heterocycles.